The smallest absolute Gasteiger partial charge is 0.320 e. The van der Waals surface area contributed by atoms with Crippen LogP contribution in [0.25, 0.3) is 10.9 Å². The molecule has 1 atom stereocenters. The summed E-state index contributed by atoms with van der Waals surface area (Å²) in [6, 6.07) is 4.62. The molecule has 0 amide bonds. The highest BCUT2D eigenvalue weighted by molar-refractivity contribution is 5.87. The van der Waals surface area contributed by atoms with Gasteiger partial charge in [-0.2, -0.15) is 0 Å². The van der Waals surface area contributed by atoms with E-state index in [0.717, 1.165) is 22.2 Å². The largest absolute Gasteiger partial charge is 0.480 e. The van der Waals surface area contributed by atoms with Crippen molar-refractivity contribution >= 4 is 22.6 Å². The second-order valence-corrected chi connectivity index (χ2v) is 4.32. The minimum atomic E-state index is -1.02. The number of aromatic amines is 1. The van der Waals surface area contributed by atoms with Crippen LogP contribution in [0.15, 0.2) is 24.4 Å². The van der Waals surface area contributed by atoms with Crippen LogP contribution in [0.3, 0.4) is 0 Å². The van der Waals surface area contributed by atoms with Gasteiger partial charge in [-0.1, -0.05) is 5.92 Å². The van der Waals surface area contributed by atoms with E-state index in [1.54, 1.807) is 6.20 Å². The van der Waals surface area contributed by atoms with Crippen molar-refractivity contribution in [3.05, 3.63) is 30.0 Å². The molecule has 1 heterocycles. The molecule has 104 valence electrons. The predicted octanol–water partition coefficient (Wildman–Crippen LogP) is 1.10. The Balaban J connectivity index is 2.21. The molecule has 0 unspecified atom stereocenters. The van der Waals surface area contributed by atoms with Crippen molar-refractivity contribution in [2.75, 3.05) is 12.1 Å². The third kappa shape index (κ3) is 3.09. The minimum Gasteiger partial charge on any atom is -0.480 e. The van der Waals surface area contributed by atoms with Crippen LogP contribution in [0.5, 0.6) is 0 Å². The van der Waals surface area contributed by atoms with E-state index in [1.165, 1.54) is 0 Å². The first-order chi connectivity index (χ1) is 9.61. The fourth-order valence-electron chi connectivity index (χ4n) is 1.90. The number of anilines is 1. The zero-order valence-corrected chi connectivity index (χ0v) is 10.7. The van der Waals surface area contributed by atoms with Crippen LogP contribution in [-0.4, -0.2) is 28.7 Å². The zero-order chi connectivity index (χ0) is 14.5. The number of carboxylic acids is 1. The molecule has 0 bridgehead atoms. The van der Waals surface area contributed by atoms with Gasteiger partial charge in [-0.3, -0.25) is 15.1 Å². The Morgan fingerprint density at radius 3 is 3.10 bits per heavy atom. The van der Waals surface area contributed by atoms with E-state index in [4.69, 9.17) is 22.1 Å². The first kappa shape index (κ1) is 13.9. The number of carboxylic acid groups (broad SMARTS) is 1. The summed E-state index contributed by atoms with van der Waals surface area (Å²) >= 11 is 0. The SMILES string of the molecule is C#CCONc1ccc2[nH]cc(C[C@H](N)C(=O)O)c2c1. The molecule has 0 fully saturated rings. The second-order valence-electron chi connectivity index (χ2n) is 4.32. The number of nitrogens with two attached hydrogens (primary N) is 1. The highest BCUT2D eigenvalue weighted by Crippen LogP contribution is 2.23. The van der Waals surface area contributed by atoms with Crippen molar-refractivity contribution in [3.8, 4) is 12.3 Å². The Hall–Kier alpha value is -2.49. The van der Waals surface area contributed by atoms with E-state index in [0.29, 0.717) is 0 Å². The van der Waals surface area contributed by atoms with Gasteiger partial charge >= 0.3 is 5.97 Å². The predicted molar refractivity (Wildman–Crippen MR) is 76.0 cm³/mol. The third-order valence-electron chi connectivity index (χ3n) is 2.87. The molecule has 6 nitrogen and oxygen atoms in total. The maximum atomic E-state index is 10.8. The quantitative estimate of drug-likeness (QED) is 0.359. The van der Waals surface area contributed by atoms with Gasteiger partial charge in [-0.15, -0.1) is 6.42 Å². The van der Waals surface area contributed by atoms with Gasteiger partial charge in [-0.25, -0.2) is 0 Å². The molecule has 1 aromatic heterocycles. The van der Waals surface area contributed by atoms with E-state index >= 15 is 0 Å². The number of hydrogen-bond donors (Lipinski definition) is 4. The van der Waals surface area contributed by atoms with Crippen LogP contribution in [0, 0.1) is 12.3 Å². The van der Waals surface area contributed by atoms with Crippen molar-refractivity contribution in [1.29, 1.82) is 0 Å². The maximum absolute atomic E-state index is 10.8. The molecule has 1 aromatic carbocycles. The van der Waals surface area contributed by atoms with Gasteiger partial charge in [0.1, 0.15) is 12.6 Å². The number of aromatic nitrogens is 1. The summed E-state index contributed by atoms with van der Waals surface area (Å²) in [7, 11) is 0. The van der Waals surface area contributed by atoms with Crippen LogP contribution in [0.2, 0.25) is 0 Å². The Labute approximate surface area is 115 Å². The van der Waals surface area contributed by atoms with Crippen LogP contribution in [0.4, 0.5) is 5.69 Å². The fraction of sp³-hybridized carbons (Fsp3) is 0.214. The standard InChI is InChI=1S/C14H15N3O3/c1-2-5-20-17-10-3-4-13-11(7-10)9(8-16-13)6-12(15)14(18)19/h1,3-4,7-8,12,16-17H,5-6,15H2,(H,18,19)/t12-/m0/s1. The normalized spacial score (nSPS) is 12.0. The van der Waals surface area contributed by atoms with E-state index in [9.17, 15) is 4.79 Å². The molecule has 0 aliphatic rings. The van der Waals surface area contributed by atoms with E-state index in [-0.39, 0.29) is 13.0 Å². The molecule has 0 saturated heterocycles. The molecule has 0 saturated carbocycles. The molecular formula is C14H15N3O3. The van der Waals surface area contributed by atoms with Gasteiger partial charge in [0.2, 0.25) is 0 Å². The lowest BCUT2D eigenvalue weighted by Crippen LogP contribution is -2.32. The number of carbonyl (C=O) groups is 1. The van der Waals surface area contributed by atoms with E-state index in [1.807, 2.05) is 18.2 Å². The van der Waals surface area contributed by atoms with Crippen LogP contribution in [-0.2, 0) is 16.1 Å². The highest BCUT2D eigenvalue weighted by Gasteiger charge is 2.15. The van der Waals surface area contributed by atoms with Crippen molar-refractivity contribution < 1.29 is 14.7 Å². The number of hydrogen-bond acceptors (Lipinski definition) is 4. The summed E-state index contributed by atoms with van der Waals surface area (Å²) in [5, 5.41) is 9.76. The van der Waals surface area contributed by atoms with Crippen molar-refractivity contribution in [3.63, 3.8) is 0 Å². The molecule has 6 heteroatoms. The molecule has 0 aliphatic heterocycles. The molecular weight excluding hydrogens is 258 g/mol. The van der Waals surface area contributed by atoms with E-state index < -0.39 is 12.0 Å². The fourth-order valence-corrected chi connectivity index (χ4v) is 1.90. The number of aliphatic carboxylic acids is 1. The molecule has 2 aromatic rings. The summed E-state index contributed by atoms with van der Waals surface area (Å²) in [6.07, 6.45) is 7.10. The monoisotopic (exact) mass is 273 g/mol. The molecule has 20 heavy (non-hydrogen) atoms. The molecule has 0 radical (unpaired) electrons. The summed E-state index contributed by atoms with van der Waals surface area (Å²) in [5.41, 5.74) is 10.8. The third-order valence-corrected chi connectivity index (χ3v) is 2.87. The topological polar surface area (TPSA) is 100 Å². The van der Waals surface area contributed by atoms with Crippen LogP contribution >= 0.6 is 0 Å². The summed E-state index contributed by atoms with van der Waals surface area (Å²) in [5.74, 6) is 1.33. The Bertz CT molecular complexity index is 657. The lowest BCUT2D eigenvalue weighted by atomic mass is 10.1. The molecule has 2 rings (SSSR count). The van der Waals surface area contributed by atoms with Gasteiger partial charge in [0.25, 0.3) is 0 Å². The van der Waals surface area contributed by atoms with Gasteiger partial charge in [-0.05, 0) is 23.8 Å². The lowest BCUT2D eigenvalue weighted by Gasteiger charge is -2.07. The maximum Gasteiger partial charge on any atom is 0.320 e. The minimum absolute atomic E-state index is 0.155. The van der Waals surface area contributed by atoms with Crippen molar-refractivity contribution in [2.45, 2.75) is 12.5 Å². The molecule has 0 aliphatic carbocycles. The zero-order valence-electron chi connectivity index (χ0n) is 10.7. The highest BCUT2D eigenvalue weighted by atomic mass is 16.6. The van der Waals surface area contributed by atoms with Crippen LogP contribution < -0.4 is 11.2 Å². The van der Waals surface area contributed by atoms with Gasteiger partial charge < -0.3 is 15.8 Å². The number of H-pyrrole nitrogens is 1. The first-order valence-corrected chi connectivity index (χ1v) is 6.01. The number of benzene rings is 1. The van der Waals surface area contributed by atoms with Crippen molar-refractivity contribution in [1.82, 2.24) is 4.98 Å². The van der Waals surface area contributed by atoms with Gasteiger partial charge in [0, 0.05) is 23.5 Å². The summed E-state index contributed by atoms with van der Waals surface area (Å²) in [4.78, 5) is 18.9. The van der Waals surface area contributed by atoms with Gasteiger partial charge in [0.15, 0.2) is 0 Å². The van der Waals surface area contributed by atoms with Crippen molar-refractivity contribution in [2.24, 2.45) is 5.73 Å². The molecule has 0 spiro atoms. The molecule has 5 N–H and O–H groups in total. The average molecular weight is 273 g/mol. The Morgan fingerprint density at radius 2 is 2.40 bits per heavy atom. The van der Waals surface area contributed by atoms with E-state index in [2.05, 4.69) is 16.4 Å². The Morgan fingerprint density at radius 1 is 1.60 bits per heavy atom. The lowest BCUT2D eigenvalue weighted by molar-refractivity contribution is -0.138. The number of rotatable bonds is 6. The summed E-state index contributed by atoms with van der Waals surface area (Å²) in [6.45, 7) is 0.155. The van der Waals surface area contributed by atoms with Gasteiger partial charge in [0.05, 0.1) is 5.69 Å². The number of nitrogens with one attached hydrogen (secondary N) is 2. The van der Waals surface area contributed by atoms with Crippen LogP contribution in [0.1, 0.15) is 5.56 Å². The Kier molecular flexibility index (Phi) is 4.25. The second kappa shape index (κ2) is 6.10. The summed E-state index contributed by atoms with van der Waals surface area (Å²) < 4.78 is 0. The average Bonchev–Trinajstić information content (AvgIpc) is 2.82. The number of fused-ring (bicyclic) bond motifs is 1. The first-order valence-electron chi connectivity index (χ1n) is 6.01. The number of terminal acetylenes is 1.